The molecule has 1 amide bonds. The number of hydrogen-bond donors (Lipinski definition) is 3. The van der Waals surface area contributed by atoms with Gasteiger partial charge in [-0.05, 0) is 53.1 Å². The van der Waals surface area contributed by atoms with Gasteiger partial charge in [0.2, 0.25) is 0 Å². The molecule has 0 aliphatic carbocycles. The smallest absolute Gasteiger partial charge is 0.309 e. The number of methoxy groups -OCH3 is 2. The van der Waals surface area contributed by atoms with E-state index >= 15 is 0 Å². The van der Waals surface area contributed by atoms with Crippen LogP contribution in [0.15, 0.2) is 54.6 Å². The third-order valence-electron chi connectivity index (χ3n) is 4.95. The van der Waals surface area contributed by atoms with E-state index in [1.807, 2.05) is 24.3 Å². The lowest BCUT2D eigenvalue weighted by Crippen LogP contribution is -2.11. The minimum absolute atomic E-state index is 0.0604. The van der Waals surface area contributed by atoms with E-state index in [1.54, 1.807) is 30.3 Å². The topological polar surface area (TPSA) is 96.9 Å². The van der Waals surface area contributed by atoms with Crippen molar-refractivity contribution in [2.75, 3.05) is 24.9 Å². The van der Waals surface area contributed by atoms with Crippen molar-refractivity contribution in [2.24, 2.45) is 0 Å². The fraction of sp³-hybridized carbons (Fsp3) is 0.130. The molecule has 3 aromatic carbocycles. The van der Waals surface area contributed by atoms with Crippen LogP contribution < -0.4 is 15.4 Å². The van der Waals surface area contributed by atoms with E-state index in [1.165, 1.54) is 14.2 Å². The van der Waals surface area contributed by atoms with Gasteiger partial charge in [-0.1, -0.05) is 18.2 Å². The second kappa shape index (κ2) is 7.79. The Bertz CT molecular complexity index is 1160. The molecular formula is C23H20N2O5. The second-order valence-corrected chi connectivity index (χ2v) is 6.86. The van der Waals surface area contributed by atoms with Gasteiger partial charge in [-0.25, -0.2) is 0 Å². The van der Waals surface area contributed by atoms with Crippen molar-refractivity contribution in [1.82, 2.24) is 0 Å². The molecular weight excluding hydrogens is 384 g/mol. The highest BCUT2D eigenvalue weighted by atomic mass is 16.5. The third-order valence-corrected chi connectivity index (χ3v) is 4.95. The number of phenolic OH excluding ortho intramolecular Hbond substituents is 1. The summed E-state index contributed by atoms with van der Waals surface area (Å²) in [7, 11) is 2.83. The number of ether oxygens (including phenoxy) is 2. The molecule has 0 fully saturated rings. The van der Waals surface area contributed by atoms with Crippen LogP contribution in [-0.2, 0) is 16.0 Å². The molecule has 0 saturated heterocycles. The van der Waals surface area contributed by atoms with E-state index in [-0.39, 0.29) is 24.0 Å². The van der Waals surface area contributed by atoms with Crippen molar-refractivity contribution >= 4 is 28.9 Å². The Morgan fingerprint density at radius 2 is 1.67 bits per heavy atom. The van der Waals surface area contributed by atoms with Gasteiger partial charge in [-0.3, -0.25) is 9.59 Å². The maximum atomic E-state index is 12.8. The molecule has 0 saturated carbocycles. The Balaban J connectivity index is 1.70. The van der Waals surface area contributed by atoms with Crippen LogP contribution in [0.5, 0.6) is 11.5 Å². The number of amides is 1. The molecule has 7 nitrogen and oxygen atoms in total. The fourth-order valence-electron chi connectivity index (χ4n) is 3.37. The van der Waals surface area contributed by atoms with E-state index in [0.717, 1.165) is 22.4 Å². The molecule has 0 unspecified atom stereocenters. The quantitative estimate of drug-likeness (QED) is 0.567. The molecule has 0 atom stereocenters. The molecule has 0 spiro atoms. The number of carbonyl (C=O) groups is 2. The standard InChI is InChI=1S/C23H20N2O5/c1-29-21-12-15(5-8-20(21)26)14-4-6-16-18(11-14)24-17-7-3-13(10-22(27)30-2)9-19(17)25-23(16)28/h3-9,11-12,24,26H,10H2,1-2H3,(H,25,28). The molecule has 1 aliphatic rings. The first kappa shape index (κ1) is 19.3. The number of nitrogens with one attached hydrogen (secondary N) is 2. The monoisotopic (exact) mass is 404 g/mol. The molecule has 1 heterocycles. The first-order chi connectivity index (χ1) is 14.5. The number of carbonyl (C=O) groups excluding carboxylic acids is 2. The lowest BCUT2D eigenvalue weighted by molar-refractivity contribution is -0.139. The predicted molar refractivity (Wildman–Crippen MR) is 113 cm³/mol. The molecule has 0 aromatic heterocycles. The number of phenols is 1. The van der Waals surface area contributed by atoms with Crippen LogP contribution in [-0.4, -0.2) is 31.2 Å². The van der Waals surface area contributed by atoms with Gasteiger partial charge in [0.05, 0.1) is 43.3 Å². The first-order valence-corrected chi connectivity index (χ1v) is 9.28. The molecule has 4 rings (SSSR count). The number of benzene rings is 3. The average Bonchev–Trinajstić information content (AvgIpc) is 2.89. The zero-order valence-electron chi connectivity index (χ0n) is 16.5. The van der Waals surface area contributed by atoms with Gasteiger partial charge < -0.3 is 25.2 Å². The molecule has 3 N–H and O–H groups in total. The van der Waals surface area contributed by atoms with Gasteiger partial charge in [0.25, 0.3) is 5.91 Å². The lowest BCUT2D eigenvalue weighted by Gasteiger charge is -2.12. The Labute approximate surface area is 173 Å². The van der Waals surface area contributed by atoms with Gasteiger partial charge >= 0.3 is 5.97 Å². The van der Waals surface area contributed by atoms with E-state index in [0.29, 0.717) is 22.7 Å². The highest BCUT2D eigenvalue weighted by Gasteiger charge is 2.20. The average molecular weight is 404 g/mol. The highest BCUT2D eigenvalue weighted by molar-refractivity contribution is 6.12. The molecule has 30 heavy (non-hydrogen) atoms. The maximum absolute atomic E-state index is 12.8. The Hall–Kier alpha value is -4.00. The normalized spacial score (nSPS) is 12.0. The number of anilines is 3. The minimum Gasteiger partial charge on any atom is -0.504 e. The summed E-state index contributed by atoms with van der Waals surface area (Å²) in [4.78, 5) is 24.3. The molecule has 0 bridgehead atoms. The SMILES string of the molecule is COC(=O)Cc1ccc2c(c1)NC(=O)c1ccc(-c3ccc(O)c(OC)c3)cc1N2. The van der Waals surface area contributed by atoms with Crippen molar-refractivity contribution in [3.8, 4) is 22.6 Å². The fourth-order valence-corrected chi connectivity index (χ4v) is 3.37. The van der Waals surface area contributed by atoms with Crippen molar-refractivity contribution in [3.05, 3.63) is 65.7 Å². The van der Waals surface area contributed by atoms with Crippen molar-refractivity contribution in [2.45, 2.75) is 6.42 Å². The largest absolute Gasteiger partial charge is 0.504 e. The zero-order chi connectivity index (χ0) is 21.3. The van der Waals surface area contributed by atoms with Crippen LogP contribution in [0, 0.1) is 0 Å². The summed E-state index contributed by atoms with van der Waals surface area (Å²) in [6, 6.07) is 15.9. The van der Waals surface area contributed by atoms with Crippen LogP contribution >= 0.6 is 0 Å². The summed E-state index contributed by atoms with van der Waals surface area (Å²) in [6.07, 6.45) is 0.124. The number of aromatic hydroxyl groups is 1. The van der Waals surface area contributed by atoms with Gasteiger partial charge in [0.1, 0.15) is 0 Å². The predicted octanol–water partition coefficient (Wildman–Crippen LogP) is 4.09. The van der Waals surface area contributed by atoms with Gasteiger partial charge in [0, 0.05) is 0 Å². The van der Waals surface area contributed by atoms with Crippen molar-refractivity contribution in [3.63, 3.8) is 0 Å². The molecule has 0 radical (unpaired) electrons. The zero-order valence-corrected chi connectivity index (χ0v) is 16.5. The van der Waals surface area contributed by atoms with Gasteiger partial charge in [0.15, 0.2) is 11.5 Å². The maximum Gasteiger partial charge on any atom is 0.309 e. The van der Waals surface area contributed by atoms with Crippen LogP contribution in [0.2, 0.25) is 0 Å². The van der Waals surface area contributed by atoms with Crippen LogP contribution in [0.1, 0.15) is 15.9 Å². The first-order valence-electron chi connectivity index (χ1n) is 9.28. The second-order valence-electron chi connectivity index (χ2n) is 6.86. The lowest BCUT2D eigenvalue weighted by atomic mass is 10.0. The Morgan fingerprint density at radius 1 is 0.900 bits per heavy atom. The molecule has 152 valence electrons. The van der Waals surface area contributed by atoms with Gasteiger partial charge in [-0.15, -0.1) is 0 Å². The van der Waals surface area contributed by atoms with E-state index in [2.05, 4.69) is 10.6 Å². The molecule has 1 aliphatic heterocycles. The number of fused-ring (bicyclic) bond motifs is 2. The highest BCUT2D eigenvalue weighted by Crippen LogP contribution is 2.37. The van der Waals surface area contributed by atoms with Crippen LogP contribution in [0.3, 0.4) is 0 Å². The van der Waals surface area contributed by atoms with E-state index in [4.69, 9.17) is 9.47 Å². The van der Waals surface area contributed by atoms with Crippen LogP contribution in [0.25, 0.3) is 11.1 Å². The van der Waals surface area contributed by atoms with Crippen LogP contribution in [0.4, 0.5) is 17.1 Å². The number of hydrogen-bond acceptors (Lipinski definition) is 6. The number of rotatable bonds is 4. The summed E-state index contributed by atoms with van der Waals surface area (Å²) < 4.78 is 9.89. The molecule has 7 heteroatoms. The molecule has 3 aromatic rings. The van der Waals surface area contributed by atoms with E-state index in [9.17, 15) is 14.7 Å². The summed E-state index contributed by atoms with van der Waals surface area (Å²) in [5, 5.41) is 16.0. The van der Waals surface area contributed by atoms with Crippen molar-refractivity contribution < 1.29 is 24.2 Å². The summed E-state index contributed by atoms with van der Waals surface area (Å²) in [6.45, 7) is 0. The minimum atomic E-state index is -0.347. The third kappa shape index (κ3) is 3.65. The number of esters is 1. The summed E-state index contributed by atoms with van der Waals surface area (Å²) in [5.74, 6) is -0.164. The Kier molecular flexibility index (Phi) is 5.02. The van der Waals surface area contributed by atoms with Gasteiger partial charge in [-0.2, -0.15) is 0 Å². The summed E-state index contributed by atoms with van der Waals surface area (Å²) >= 11 is 0. The van der Waals surface area contributed by atoms with E-state index < -0.39 is 0 Å². The van der Waals surface area contributed by atoms with Crippen molar-refractivity contribution in [1.29, 1.82) is 0 Å². The summed E-state index contributed by atoms with van der Waals surface area (Å²) in [5.41, 5.74) is 4.89. The Morgan fingerprint density at radius 3 is 2.43 bits per heavy atom.